The van der Waals surface area contributed by atoms with Crippen molar-refractivity contribution in [2.24, 2.45) is 0 Å². The zero-order chi connectivity index (χ0) is 14.0. The van der Waals surface area contributed by atoms with E-state index >= 15 is 0 Å². The molecule has 0 aliphatic heterocycles. The smallest absolute Gasteiger partial charge is 0.323 e. The Kier molecular flexibility index (Phi) is 9.49. The van der Waals surface area contributed by atoms with Crippen LogP contribution in [-0.2, 0) is 9.53 Å². The fourth-order valence-corrected chi connectivity index (χ4v) is 1.88. The Balaban J connectivity index is 4.22. The number of hydrogen-bond donors (Lipinski definition) is 2. The van der Waals surface area contributed by atoms with Gasteiger partial charge < -0.3 is 20.1 Å². The first-order valence-electron chi connectivity index (χ1n) is 5.76. The van der Waals surface area contributed by atoms with Crippen molar-refractivity contribution < 1.29 is 19.4 Å². The Labute approximate surface area is 112 Å². The SMILES string of the molecule is COCCN(CC(=O)O)C(=O)NC(C)CCSC. The number of carboxylic acids is 1. The van der Waals surface area contributed by atoms with Crippen LogP contribution >= 0.6 is 11.8 Å². The summed E-state index contributed by atoms with van der Waals surface area (Å²) in [6, 6.07) is -0.327. The van der Waals surface area contributed by atoms with Gasteiger partial charge in [-0.05, 0) is 25.4 Å². The highest BCUT2D eigenvalue weighted by Gasteiger charge is 2.17. The van der Waals surface area contributed by atoms with E-state index in [-0.39, 0.29) is 25.2 Å². The molecular weight excluding hydrogens is 256 g/mol. The molecule has 0 aliphatic rings. The highest BCUT2D eigenvalue weighted by atomic mass is 32.2. The highest BCUT2D eigenvalue weighted by molar-refractivity contribution is 7.98. The Morgan fingerprint density at radius 3 is 2.67 bits per heavy atom. The number of rotatable bonds is 9. The maximum atomic E-state index is 11.8. The first-order chi connectivity index (χ1) is 8.51. The first kappa shape index (κ1) is 17.1. The molecule has 0 spiro atoms. The van der Waals surface area contributed by atoms with Crippen molar-refractivity contribution in [2.45, 2.75) is 19.4 Å². The lowest BCUT2D eigenvalue weighted by Gasteiger charge is -2.23. The minimum atomic E-state index is -1.03. The first-order valence-corrected chi connectivity index (χ1v) is 7.15. The third kappa shape index (κ3) is 8.19. The van der Waals surface area contributed by atoms with Gasteiger partial charge in [0.1, 0.15) is 6.54 Å². The molecule has 0 rings (SSSR count). The average Bonchev–Trinajstić information content (AvgIpc) is 2.31. The maximum absolute atomic E-state index is 11.8. The number of thioether (sulfide) groups is 1. The second-order valence-corrected chi connectivity index (χ2v) is 4.93. The normalized spacial score (nSPS) is 11.9. The maximum Gasteiger partial charge on any atom is 0.323 e. The van der Waals surface area contributed by atoms with E-state index in [1.807, 2.05) is 13.2 Å². The lowest BCUT2D eigenvalue weighted by molar-refractivity contribution is -0.137. The quantitative estimate of drug-likeness (QED) is 0.654. The van der Waals surface area contributed by atoms with Crippen LogP contribution in [0.5, 0.6) is 0 Å². The summed E-state index contributed by atoms with van der Waals surface area (Å²) in [5, 5.41) is 11.5. The summed E-state index contributed by atoms with van der Waals surface area (Å²) in [4.78, 5) is 23.8. The zero-order valence-corrected chi connectivity index (χ0v) is 12.0. The van der Waals surface area contributed by atoms with Gasteiger partial charge in [-0.15, -0.1) is 0 Å². The molecule has 1 unspecified atom stereocenters. The van der Waals surface area contributed by atoms with Crippen LogP contribution in [0, 0.1) is 0 Å². The fraction of sp³-hybridized carbons (Fsp3) is 0.818. The standard InChI is InChI=1S/C11H22N2O4S/c1-9(4-7-18-3)12-11(16)13(5-6-17-2)8-10(14)15/h9H,4-8H2,1-3H3,(H,12,16)(H,14,15). The number of urea groups is 1. The number of nitrogens with one attached hydrogen (secondary N) is 1. The number of amides is 2. The number of carboxylic acid groups (broad SMARTS) is 1. The van der Waals surface area contributed by atoms with Crippen molar-refractivity contribution in [1.29, 1.82) is 0 Å². The lowest BCUT2D eigenvalue weighted by atomic mass is 10.3. The van der Waals surface area contributed by atoms with E-state index in [9.17, 15) is 9.59 Å². The van der Waals surface area contributed by atoms with Gasteiger partial charge in [-0.2, -0.15) is 11.8 Å². The van der Waals surface area contributed by atoms with E-state index in [0.29, 0.717) is 6.61 Å². The molecule has 6 nitrogen and oxygen atoms in total. The number of methoxy groups -OCH3 is 1. The van der Waals surface area contributed by atoms with Crippen LogP contribution in [0.25, 0.3) is 0 Å². The van der Waals surface area contributed by atoms with Crippen LogP contribution in [0.1, 0.15) is 13.3 Å². The van der Waals surface area contributed by atoms with Gasteiger partial charge in [0.25, 0.3) is 0 Å². The highest BCUT2D eigenvalue weighted by Crippen LogP contribution is 2.01. The van der Waals surface area contributed by atoms with Crippen molar-refractivity contribution in [3.05, 3.63) is 0 Å². The Hall–Kier alpha value is -0.950. The molecule has 0 heterocycles. The second-order valence-electron chi connectivity index (χ2n) is 3.94. The predicted octanol–water partition coefficient (Wildman–Crippen LogP) is 0.871. The number of aliphatic carboxylic acids is 1. The summed E-state index contributed by atoms with van der Waals surface area (Å²) in [7, 11) is 1.51. The fourth-order valence-electron chi connectivity index (χ4n) is 1.29. The number of ether oxygens (including phenoxy) is 1. The summed E-state index contributed by atoms with van der Waals surface area (Å²) in [5.74, 6) is -0.0728. The molecule has 0 bridgehead atoms. The number of carbonyl (C=O) groups is 2. The van der Waals surface area contributed by atoms with Crippen LogP contribution in [0.15, 0.2) is 0 Å². The minimum absolute atomic E-state index is 0.0313. The van der Waals surface area contributed by atoms with Gasteiger partial charge in [-0.3, -0.25) is 4.79 Å². The summed E-state index contributed by atoms with van der Waals surface area (Å²) < 4.78 is 4.86. The van der Waals surface area contributed by atoms with Crippen molar-refractivity contribution >= 4 is 23.8 Å². The summed E-state index contributed by atoms with van der Waals surface area (Å²) in [6.07, 6.45) is 2.86. The molecule has 0 aliphatic carbocycles. The van der Waals surface area contributed by atoms with Crippen LogP contribution in [0.3, 0.4) is 0 Å². The molecule has 1 atom stereocenters. The molecule has 2 amide bonds. The monoisotopic (exact) mass is 278 g/mol. The van der Waals surface area contributed by atoms with Crippen molar-refractivity contribution in [3.8, 4) is 0 Å². The van der Waals surface area contributed by atoms with Gasteiger partial charge in [-0.25, -0.2) is 4.79 Å². The largest absolute Gasteiger partial charge is 0.480 e. The third-order valence-electron chi connectivity index (χ3n) is 2.30. The van der Waals surface area contributed by atoms with E-state index in [1.54, 1.807) is 11.8 Å². The van der Waals surface area contributed by atoms with Crippen LogP contribution in [-0.4, -0.2) is 66.9 Å². The van der Waals surface area contributed by atoms with Gasteiger partial charge in [0, 0.05) is 19.7 Å². The molecule has 0 saturated heterocycles. The Bertz CT molecular complexity index is 263. The molecule has 0 aromatic carbocycles. The molecule has 7 heteroatoms. The molecule has 0 aromatic rings. The number of nitrogens with zero attached hydrogens (tertiary/aromatic N) is 1. The van der Waals surface area contributed by atoms with Gasteiger partial charge >= 0.3 is 12.0 Å². The summed E-state index contributed by atoms with van der Waals surface area (Å²) in [6.45, 7) is 2.18. The lowest BCUT2D eigenvalue weighted by Crippen LogP contribution is -2.47. The molecule has 0 saturated carbocycles. The Morgan fingerprint density at radius 1 is 1.50 bits per heavy atom. The van der Waals surface area contributed by atoms with Crippen molar-refractivity contribution in [2.75, 3.05) is 38.8 Å². The number of carbonyl (C=O) groups excluding carboxylic acids is 1. The summed E-state index contributed by atoms with van der Waals surface area (Å²) >= 11 is 1.71. The van der Waals surface area contributed by atoms with Gasteiger partial charge in [0.05, 0.1) is 6.61 Å². The summed E-state index contributed by atoms with van der Waals surface area (Å²) in [5.41, 5.74) is 0. The van der Waals surface area contributed by atoms with Crippen LogP contribution in [0.2, 0.25) is 0 Å². The molecule has 18 heavy (non-hydrogen) atoms. The van der Waals surface area contributed by atoms with Gasteiger partial charge in [0.2, 0.25) is 0 Å². The van der Waals surface area contributed by atoms with Gasteiger partial charge in [-0.1, -0.05) is 0 Å². The second kappa shape index (κ2) is 10.0. The third-order valence-corrected chi connectivity index (χ3v) is 2.95. The van der Waals surface area contributed by atoms with Crippen molar-refractivity contribution in [1.82, 2.24) is 10.2 Å². The van der Waals surface area contributed by atoms with Crippen LogP contribution < -0.4 is 5.32 Å². The van der Waals surface area contributed by atoms with E-state index in [4.69, 9.17) is 9.84 Å². The Morgan fingerprint density at radius 2 is 2.17 bits per heavy atom. The van der Waals surface area contributed by atoms with E-state index in [1.165, 1.54) is 12.0 Å². The van der Waals surface area contributed by atoms with E-state index in [0.717, 1.165) is 12.2 Å². The zero-order valence-electron chi connectivity index (χ0n) is 11.1. The van der Waals surface area contributed by atoms with Crippen LogP contribution in [0.4, 0.5) is 4.79 Å². The molecule has 0 aromatic heterocycles. The molecule has 0 radical (unpaired) electrons. The average molecular weight is 278 g/mol. The minimum Gasteiger partial charge on any atom is -0.480 e. The predicted molar refractivity (Wildman–Crippen MR) is 72.1 cm³/mol. The number of hydrogen-bond acceptors (Lipinski definition) is 4. The van der Waals surface area contributed by atoms with E-state index < -0.39 is 5.97 Å². The molecular formula is C11H22N2O4S. The van der Waals surface area contributed by atoms with E-state index in [2.05, 4.69) is 5.32 Å². The topological polar surface area (TPSA) is 78.9 Å². The molecule has 2 N–H and O–H groups in total. The van der Waals surface area contributed by atoms with Gasteiger partial charge in [0.15, 0.2) is 0 Å². The van der Waals surface area contributed by atoms with Crippen molar-refractivity contribution in [3.63, 3.8) is 0 Å². The molecule has 106 valence electrons. The molecule has 0 fully saturated rings.